The van der Waals surface area contributed by atoms with E-state index in [2.05, 4.69) is 0 Å². The summed E-state index contributed by atoms with van der Waals surface area (Å²) in [7, 11) is -3.01. The second-order valence-corrected chi connectivity index (χ2v) is 8.28. The molecule has 0 aromatic rings. The molecule has 1 heterocycles. The molecule has 4 nitrogen and oxygen atoms in total. The number of ether oxygens (including phenoxy) is 1. The number of hydrogen-bond donors (Lipinski definition) is 1. The molecule has 0 aromatic carbocycles. The molecule has 2 rings (SSSR count). The Hall–Kier alpha value is -0.130. The van der Waals surface area contributed by atoms with Crippen LogP contribution in [-0.4, -0.2) is 37.7 Å². The van der Waals surface area contributed by atoms with E-state index in [9.17, 15) is 8.42 Å². The lowest BCUT2D eigenvalue weighted by Crippen LogP contribution is -2.30. The van der Waals surface area contributed by atoms with E-state index in [0.29, 0.717) is 6.42 Å². The van der Waals surface area contributed by atoms with E-state index in [1.807, 2.05) is 6.92 Å². The highest BCUT2D eigenvalue weighted by Crippen LogP contribution is 2.43. The Morgan fingerprint density at radius 2 is 2.00 bits per heavy atom. The maximum atomic E-state index is 12.0. The van der Waals surface area contributed by atoms with E-state index >= 15 is 0 Å². The Morgan fingerprint density at radius 3 is 2.61 bits per heavy atom. The van der Waals surface area contributed by atoms with Gasteiger partial charge in [0, 0.05) is 6.04 Å². The fourth-order valence-corrected chi connectivity index (χ4v) is 4.83. The quantitative estimate of drug-likeness (QED) is 0.828. The monoisotopic (exact) mass is 275 g/mol. The number of nitrogens with two attached hydrogens (primary N) is 1. The molecule has 0 bridgehead atoms. The lowest BCUT2D eigenvalue weighted by atomic mass is 9.98. The van der Waals surface area contributed by atoms with Crippen LogP contribution in [0.2, 0.25) is 0 Å². The molecule has 2 atom stereocenters. The third kappa shape index (κ3) is 3.68. The molecule has 1 aliphatic heterocycles. The van der Waals surface area contributed by atoms with Gasteiger partial charge in [-0.1, -0.05) is 12.8 Å². The largest absolute Gasteiger partial charge is 0.371 e. The Balaban J connectivity index is 1.83. The van der Waals surface area contributed by atoms with Crippen LogP contribution >= 0.6 is 0 Å². The summed E-state index contributed by atoms with van der Waals surface area (Å²) in [6, 6.07) is -0.0505. The zero-order valence-electron chi connectivity index (χ0n) is 11.2. The first-order chi connectivity index (χ1) is 8.41. The van der Waals surface area contributed by atoms with Gasteiger partial charge in [-0.15, -0.1) is 0 Å². The molecule has 2 fully saturated rings. The van der Waals surface area contributed by atoms with Gasteiger partial charge < -0.3 is 10.5 Å². The van der Waals surface area contributed by atoms with E-state index in [0.717, 1.165) is 25.7 Å². The fourth-order valence-electron chi connectivity index (χ4n) is 3.13. The second kappa shape index (κ2) is 5.47. The first-order valence-corrected chi connectivity index (χ1v) is 8.87. The van der Waals surface area contributed by atoms with E-state index in [4.69, 9.17) is 10.5 Å². The highest BCUT2D eigenvalue weighted by atomic mass is 32.2. The highest BCUT2D eigenvalue weighted by Gasteiger charge is 2.43. The number of rotatable bonds is 5. The van der Waals surface area contributed by atoms with E-state index in [1.165, 1.54) is 12.8 Å². The standard InChI is InChI=1S/C13H25NO3S/c1-11(14)5-9-18(15,16)10-12-4-8-13(17-12)6-2-3-7-13/h11-12H,2-10,14H2,1H3. The maximum absolute atomic E-state index is 12.0. The Labute approximate surface area is 110 Å². The van der Waals surface area contributed by atoms with Crippen molar-refractivity contribution < 1.29 is 13.2 Å². The molecule has 1 saturated heterocycles. The van der Waals surface area contributed by atoms with Gasteiger partial charge in [-0.05, 0) is 39.0 Å². The minimum Gasteiger partial charge on any atom is -0.371 e. The molecule has 2 aliphatic rings. The summed E-state index contributed by atoms with van der Waals surface area (Å²) in [5.74, 6) is 0.374. The molecular weight excluding hydrogens is 250 g/mol. The average Bonchev–Trinajstić information content (AvgIpc) is 2.87. The first-order valence-electron chi connectivity index (χ1n) is 7.05. The van der Waals surface area contributed by atoms with Gasteiger partial charge in [-0.2, -0.15) is 0 Å². The van der Waals surface area contributed by atoms with E-state index < -0.39 is 9.84 Å². The molecule has 2 unspecified atom stereocenters. The summed E-state index contributed by atoms with van der Waals surface area (Å²) < 4.78 is 30.0. The van der Waals surface area contributed by atoms with E-state index in [-0.39, 0.29) is 29.3 Å². The van der Waals surface area contributed by atoms with Gasteiger partial charge in [0.25, 0.3) is 0 Å². The fraction of sp³-hybridized carbons (Fsp3) is 1.00. The number of hydrogen-bond acceptors (Lipinski definition) is 4. The molecule has 1 aliphatic carbocycles. The van der Waals surface area contributed by atoms with Crippen LogP contribution in [0.4, 0.5) is 0 Å². The maximum Gasteiger partial charge on any atom is 0.152 e. The molecule has 2 N–H and O–H groups in total. The van der Waals surface area contributed by atoms with Gasteiger partial charge in [0.2, 0.25) is 0 Å². The zero-order valence-corrected chi connectivity index (χ0v) is 12.0. The molecule has 0 amide bonds. The van der Waals surface area contributed by atoms with Gasteiger partial charge in [0.05, 0.1) is 23.2 Å². The van der Waals surface area contributed by atoms with Crippen molar-refractivity contribution >= 4 is 9.84 Å². The predicted octanol–water partition coefficient (Wildman–Crippen LogP) is 1.63. The molecule has 0 radical (unpaired) electrons. The lowest BCUT2D eigenvalue weighted by Gasteiger charge is -2.23. The van der Waals surface area contributed by atoms with Gasteiger partial charge in [-0.3, -0.25) is 0 Å². The van der Waals surface area contributed by atoms with Crippen LogP contribution in [0.15, 0.2) is 0 Å². The van der Waals surface area contributed by atoms with Crippen molar-refractivity contribution in [2.24, 2.45) is 5.73 Å². The van der Waals surface area contributed by atoms with Crippen LogP contribution in [0.5, 0.6) is 0 Å². The topological polar surface area (TPSA) is 69.4 Å². The van der Waals surface area contributed by atoms with Crippen LogP contribution in [0.1, 0.15) is 51.9 Å². The molecule has 18 heavy (non-hydrogen) atoms. The van der Waals surface area contributed by atoms with Crippen LogP contribution in [0, 0.1) is 0 Å². The SMILES string of the molecule is CC(N)CCS(=O)(=O)CC1CCC2(CCCC2)O1. The average molecular weight is 275 g/mol. The van der Waals surface area contributed by atoms with Crippen LogP contribution in [0.25, 0.3) is 0 Å². The van der Waals surface area contributed by atoms with Gasteiger partial charge in [0.1, 0.15) is 0 Å². The van der Waals surface area contributed by atoms with Crippen LogP contribution in [0.3, 0.4) is 0 Å². The Morgan fingerprint density at radius 1 is 1.33 bits per heavy atom. The zero-order chi connectivity index (χ0) is 13.2. The van der Waals surface area contributed by atoms with Crippen molar-refractivity contribution in [3.05, 3.63) is 0 Å². The predicted molar refractivity (Wildman–Crippen MR) is 72.2 cm³/mol. The van der Waals surface area contributed by atoms with Gasteiger partial charge in [0.15, 0.2) is 9.84 Å². The lowest BCUT2D eigenvalue weighted by molar-refractivity contribution is -0.0273. The molecule has 1 saturated carbocycles. The van der Waals surface area contributed by atoms with Gasteiger partial charge >= 0.3 is 0 Å². The van der Waals surface area contributed by atoms with Crippen molar-refractivity contribution in [3.8, 4) is 0 Å². The summed E-state index contributed by atoms with van der Waals surface area (Å²) in [4.78, 5) is 0. The van der Waals surface area contributed by atoms with Crippen LogP contribution < -0.4 is 5.73 Å². The van der Waals surface area contributed by atoms with Crippen LogP contribution in [-0.2, 0) is 14.6 Å². The normalized spacial score (nSPS) is 28.9. The minimum absolute atomic E-state index is 0.0291. The van der Waals surface area contributed by atoms with Crippen molar-refractivity contribution in [1.82, 2.24) is 0 Å². The van der Waals surface area contributed by atoms with Crippen molar-refractivity contribution in [2.75, 3.05) is 11.5 Å². The summed E-state index contributed by atoms with van der Waals surface area (Å²) in [6.45, 7) is 1.84. The van der Waals surface area contributed by atoms with Crippen molar-refractivity contribution in [2.45, 2.75) is 69.6 Å². The Bertz CT molecular complexity index is 372. The minimum atomic E-state index is -3.01. The summed E-state index contributed by atoms with van der Waals surface area (Å²) >= 11 is 0. The number of sulfone groups is 1. The molecule has 0 aromatic heterocycles. The smallest absolute Gasteiger partial charge is 0.152 e. The van der Waals surface area contributed by atoms with Gasteiger partial charge in [-0.25, -0.2) is 8.42 Å². The summed E-state index contributed by atoms with van der Waals surface area (Å²) in [5.41, 5.74) is 5.64. The second-order valence-electron chi connectivity index (χ2n) is 6.05. The molecule has 106 valence electrons. The van der Waals surface area contributed by atoms with Crippen molar-refractivity contribution in [1.29, 1.82) is 0 Å². The molecule has 1 spiro atoms. The molecular formula is C13H25NO3S. The molecule has 5 heteroatoms. The first kappa shape index (κ1) is 14.3. The van der Waals surface area contributed by atoms with E-state index in [1.54, 1.807) is 0 Å². The Kier molecular flexibility index (Phi) is 4.34. The summed E-state index contributed by atoms with van der Waals surface area (Å²) in [6.07, 6.45) is 7.08. The summed E-state index contributed by atoms with van der Waals surface area (Å²) in [5, 5.41) is 0. The third-order valence-electron chi connectivity index (χ3n) is 4.18. The van der Waals surface area contributed by atoms with Crippen molar-refractivity contribution in [3.63, 3.8) is 0 Å². The third-order valence-corrected chi connectivity index (χ3v) is 5.91. The highest BCUT2D eigenvalue weighted by molar-refractivity contribution is 7.91.